The van der Waals surface area contributed by atoms with Crippen molar-refractivity contribution in [2.24, 2.45) is 0 Å². The van der Waals surface area contributed by atoms with Crippen LogP contribution in [0.3, 0.4) is 0 Å². The molecule has 3 aromatic rings. The lowest BCUT2D eigenvalue weighted by atomic mass is 10.2. The molecular weight excluding hydrogens is 283 g/mol. The zero-order valence-electron chi connectivity index (χ0n) is 12.2. The Balaban J connectivity index is 2.22. The van der Waals surface area contributed by atoms with Gasteiger partial charge in [0.15, 0.2) is 0 Å². The number of nitrogens with one attached hydrogen (secondary N) is 1. The number of aromatic nitrogens is 3. The Morgan fingerprint density at radius 3 is 2.77 bits per heavy atom. The second-order valence-corrected chi connectivity index (χ2v) is 5.23. The van der Waals surface area contributed by atoms with Crippen LogP contribution in [0.25, 0.3) is 10.9 Å². The lowest BCUT2D eigenvalue weighted by molar-refractivity contribution is 0.581. The van der Waals surface area contributed by atoms with Gasteiger partial charge < -0.3 is 5.32 Å². The summed E-state index contributed by atoms with van der Waals surface area (Å²) >= 11 is 0. The first-order chi connectivity index (χ1) is 10.6. The average molecular weight is 298 g/mol. The SMILES string of the molecule is CC(C)n1c(Nc2cccnc2)nc2ccc(F)cc2c1=O. The summed E-state index contributed by atoms with van der Waals surface area (Å²) in [4.78, 5) is 21.1. The summed E-state index contributed by atoms with van der Waals surface area (Å²) in [7, 11) is 0. The van der Waals surface area contributed by atoms with Gasteiger partial charge in [-0.1, -0.05) is 0 Å². The van der Waals surface area contributed by atoms with Gasteiger partial charge in [0.2, 0.25) is 5.95 Å². The van der Waals surface area contributed by atoms with Gasteiger partial charge in [0.25, 0.3) is 5.56 Å². The molecule has 0 aliphatic heterocycles. The highest BCUT2D eigenvalue weighted by Crippen LogP contribution is 2.19. The first kappa shape index (κ1) is 14.2. The third-order valence-corrected chi connectivity index (χ3v) is 3.30. The zero-order chi connectivity index (χ0) is 15.7. The van der Waals surface area contributed by atoms with Crippen molar-refractivity contribution in [3.63, 3.8) is 0 Å². The summed E-state index contributed by atoms with van der Waals surface area (Å²) in [6, 6.07) is 7.52. The molecule has 2 heterocycles. The van der Waals surface area contributed by atoms with Crippen LogP contribution in [0.15, 0.2) is 47.5 Å². The van der Waals surface area contributed by atoms with Crippen molar-refractivity contribution in [2.45, 2.75) is 19.9 Å². The number of rotatable bonds is 3. The number of hydrogen-bond acceptors (Lipinski definition) is 4. The molecule has 0 aliphatic rings. The number of fused-ring (bicyclic) bond motifs is 1. The van der Waals surface area contributed by atoms with Crippen molar-refractivity contribution < 1.29 is 4.39 Å². The summed E-state index contributed by atoms with van der Waals surface area (Å²) in [6.07, 6.45) is 3.31. The minimum Gasteiger partial charge on any atom is -0.324 e. The van der Waals surface area contributed by atoms with Gasteiger partial charge in [-0.3, -0.25) is 14.3 Å². The van der Waals surface area contributed by atoms with E-state index >= 15 is 0 Å². The van der Waals surface area contributed by atoms with Gasteiger partial charge in [0.1, 0.15) is 5.82 Å². The van der Waals surface area contributed by atoms with Gasteiger partial charge in [0.05, 0.1) is 22.8 Å². The molecule has 1 N–H and O–H groups in total. The maximum atomic E-state index is 13.4. The summed E-state index contributed by atoms with van der Waals surface area (Å²) in [5, 5.41) is 3.37. The van der Waals surface area contributed by atoms with Crippen molar-refractivity contribution in [3.8, 4) is 0 Å². The van der Waals surface area contributed by atoms with Crippen LogP contribution in [-0.4, -0.2) is 14.5 Å². The minimum absolute atomic E-state index is 0.119. The Labute approximate surface area is 126 Å². The largest absolute Gasteiger partial charge is 0.324 e. The number of benzene rings is 1. The Bertz CT molecular complexity index is 874. The molecule has 0 amide bonds. The molecule has 0 saturated heterocycles. The summed E-state index contributed by atoms with van der Waals surface area (Å²) in [5.74, 6) is -0.0400. The molecule has 0 unspecified atom stereocenters. The number of pyridine rings is 1. The second-order valence-electron chi connectivity index (χ2n) is 5.23. The van der Waals surface area contributed by atoms with Crippen molar-refractivity contribution in [2.75, 3.05) is 5.32 Å². The van der Waals surface area contributed by atoms with Crippen molar-refractivity contribution in [1.82, 2.24) is 14.5 Å². The summed E-state index contributed by atoms with van der Waals surface area (Å²) in [6.45, 7) is 3.76. The number of halogens is 1. The standard InChI is InChI=1S/C16H15FN4O/c1-10(2)21-15(22)13-8-11(17)5-6-14(13)20-16(21)19-12-4-3-7-18-9-12/h3-10H,1-2H3,(H,19,20). The number of anilines is 2. The van der Waals surface area contributed by atoms with Crippen molar-refractivity contribution in [1.29, 1.82) is 0 Å². The quantitative estimate of drug-likeness (QED) is 0.806. The highest BCUT2D eigenvalue weighted by atomic mass is 19.1. The molecule has 3 rings (SSSR count). The van der Waals surface area contributed by atoms with E-state index in [1.807, 2.05) is 19.9 Å². The fourth-order valence-electron chi connectivity index (χ4n) is 2.30. The molecule has 5 nitrogen and oxygen atoms in total. The molecule has 0 spiro atoms. The first-order valence-electron chi connectivity index (χ1n) is 6.95. The lowest BCUT2D eigenvalue weighted by Gasteiger charge is -2.17. The summed E-state index contributed by atoms with van der Waals surface area (Å²) < 4.78 is 14.9. The van der Waals surface area contributed by atoms with E-state index in [2.05, 4.69) is 15.3 Å². The van der Waals surface area contributed by atoms with E-state index in [0.29, 0.717) is 11.5 Å². The Morgan fingerprint density at radius 2 is 2.09 bits per heavy atom. The van der Waals surface area contributed by atoms with Gasteiger partial charge in [-0.25, -0.2) is 9.37 Å². The van der Waals surface area contributed by atoms with Gasteiger partial charge in [0, 0.05) is 12.2 Å². The third kappa shape index (κ3) is 2.55. The van der Waals surface area contributed by atoms with Crippen LogP contribution in [0, 0.1) is 5.82 Å². The molecule has 112 valence electrons. The fourth-order valence-corrected chi connectivity index (χ4v) is 2.30. The highest BCUT2D eigenvalue weighted by molar-refractivity contribution is 5.79. The van der Waals surface area contributed by atoms with E-state index in [-0.39, 0.29) is 17.0 Å². The zero-order valence-corrected chi connectivity index (χ0v) is 12.2. The van der Waals surface area contributed by atoms with E-state index in [9.17, 15) is 9.18 Å². The molecule has 0 saturated carbocycles. The van der Waals surface area contributed by atoms with Gasteiger partial charge in [-0.2, -0.15) is 0 Å². The predicted molar refractivity (Wildman–Crippen MR) is 83.9 cm³/mol. The van der Waals surface area contributed by atoms with E-state index < -0.39 is 5.82 Å². The highest BCUT2D eigenvalue weighted by Gasteiger charge is 2.14. The molecule has 0 fully saturated rings. The van der Waals surface area contributed by atoms with Crippen LogP contribution in [-0.2, 0) is 0 Å². The van der Waals surface area contributed by atoms with Crippen LogP contribution >= 0.6 is 0 Å². The molecule has 0 bridgehead atoms. The van der Waals surface area contributed by atoms with E-state index in [0.717, 1.165) is 5.69 Å². The smallest absolute Gasteiger partial charge is 0.263 e. The predicted octanol–water partition coefficient (Wildman–Crippen LogP) is 3.26. The maximum Gasteiger partial charge on any atom is 0.263 e. The van der Waals surface area contributed by atoms with Gasteiger partial charge in [-0.15, -0.1) is 0 Å². The van der Waals surface area contributed by atoms with E-state index in [1.54, 1.807) is 18.5 Å². The Kier molecular flexibility index (Phi) is 3.58. The van der Waals surface area contributed by atoms with Crippen LogP contribution < -0.4 is 10.9 Å². The molecule has 1 aromatic carbocycles. The molecule has 2 aromatic heterocycles. The minimum atomic E-state index is -0.449. The van der Waals surface area contributed by atoms with Crippen LogP contribution in [0.2, 0.25) is 0 Å². The monoisotopic (exact) mass is 298 g/mol. The molecule has 0 radical (unpaired) electrons. The van der Waals surface area contributed by atoms with Crippen molar-refractivity contribution in [3.05, 3.63) is 58.9 Å². The molecule has 6 heteroatoms. The molecular formula is C16H15FN4O. The fraction of sp³-hybridized carbons (Fsp3) is 0.188. The lowest BCUT2D eigenvalue weighted by Crippen LogP contribution is -2.26. The first-order valence-corrected chi connectivity index (χ1v) is 6.95. The number of nitrogens with zero attached hydrogens (tertiary/aromatic N) is 3. The Hall–Kier alpha value is -2.76. The van der Waals surface area contributed by atoms with E-state index in [4.69, 9.17) is 0 Å². The Morgan fingerprint density at radius 1 is 1.27 bits per heavy atom. The summed E-state index contributed by atoms with van der Waals surface area (Å²) in [5.41, 5.74) is 0.908. The third-order valence-electron chi connectivity index (χ3n) is 3.30. The molecule has 22 heavy (non-hydrogen) atoms. The van der Waals surface area contributed by atoms with Gasteiger partial charge in [-0.05, 0) is 44.2 Å². The normalized spacial score (nSPS) is 11.1. The molecule has 0 atom stereocenters. The van der Waals surface area contributed by atoms with E-state index in [1.165, 1.54) is 22.8 Å². The maximum absolute atomic E-state index is 13.4. The second kappa shape index (κ2) is 5.55. The van der Waals surface area contributed by atoms with Crippen LogP contribution in [0.1, 0.15) is 19.9 Å². The number of hydrogen-bond donors (Lipinski definition) is 1. The average Bonchev–Trinajstić information content (AvgIpc) is 2.49. The van der Waals surface area contributed by atoms with Crippen LogP contribution in [0.4, 0.5) is 16.0 Å². The molecule has 0 aliphatic carbocycles. The topological polar surface area (TPSA) is 59.8 Å². The van der Waals surface area contributed by atoms with Gasteiger partial charge >= 0.3 is 0 Å². The van der Waals surface area contributed by atoms with Crippen LogP contribution in [0.5, 0.6) is 0 Å². The van der Waals surface area contributed by atoms with Crippen molar-refractivity contribution >= 4 is 22.5 Å².